The lowest BCUT2D eigenvalue weighted by Gasteiger charge is -2.14. The SMILES string of the molecule is O=C(Cc1nc2ccccc2c(=O)n1Cc1ccccc1)Nc1cc(C(=O)O)ccc1Cl. The number of carboxylic acid groups (broad SMARTS) is 1. The van der Waals surface area contributed by atoms with Crippen molar-refractivity contribution in [3.05, 3.63) is 105 Å². The third-order valence-electron chi connectivity index (χ3n) is 4.93. The lowest BCUT2D eigenvalue weighted by molar-refractivity contribution is -0.115. The lowest BCUT2D eigenvalue weighted by atomic mass is 10.2. The van der Waals surface area contributed by atoms with E-state index < -0.39 is 11.9 Å². The maximum atomic E-state index is 13.2. The van der Waals surface area contributed by atoms with Crippen molar-refractivity contribution in [2.75, 3.05) is 5.32 Å². The van der Waals surface area contributed by atoms with Gasteiger partial charge in [-0.25, -0.2) is 9.78 Å². The zero-order chi connectivity index (χ0) is 22.7. The van der Waals surface area contributed by atoms with Gasteiger partial charge in [0.15, 0.2) is 0 Å². The van der Waals surface area contributed by atoms with Crippen molar-refractivity contribution >= 4 is 40.1 Å². The first-order valence-electron chi connectivity index (χ1n) is 9.77. The minimum Gasteiger partial charge on any atom is -0.478 e. The number of anilines is 1. The Morgan fingerprint density at radius 3 is 2.47 bits per heavy atom. The van der Waals surface area contributed by atoms with Gasteiger partial charge in [0.05, 0.1) is 40.1 Å². The predicted octanol–water partition coefficient (Wildman–Crippen LogP) is 3.98. The molecule has 8 heteroatoms. The molecule has 0 saturated heterocycles. The Morgan fingerprint density at radius 1 is 1.00 bits per heavy atom. The Balaban J connectivity index is 1.69. The fourth-order valence-electron chi connectivity index (χ4n) is 3.37. The molecule has 0 atom stereocenters. The van der Waals surface area contributed by atoms with Crippen molar-refractivity contribution < 1.29 is 14.7 Å². The average molecular weight is 448 g/mol. The summed E-state index contributed by atoms with van der Waals surface area (Å²) in [5.41, 5.74) is 1.32. The van der Waals surface area contributed by atoms with Gasteiger partial charge in [-0.3, -0.25) is 14.2 Å². The molecule has 1 amide bonds. The first-order valence-corrected chi connectivity index (χ1v) is 10.2. The number of hydrogen-bond acceptors (Lipinski definition) is 4. The first-order chi connectivity index (χ1) is 15.4. The highest BCUT2D eigenvalue weighted by Crippen LogP contribution is 2.23. The van der Waals surface area contributed by atoms with E-state index in [4.69, 9.17) is 11.6 Å². The first kappa shape index (κ1) is 21.3. The molecule has 0 unspecified atom stereocenters. The number of fused-ring (bicyclic) bond motifs is 1. The number of aromatic nitrogens is 2. The topological polar surface area (TPSA) is 101 Å². The van der Waals surface area contributed by atoms with E-state index >= 15 is 0 Å². The minimum absolute atomic E-state index is 0.00508. The number of benzene rings is 3. The molecule has 1 aromatic heterocycles. The lowest BCUT2D eigenvalue weighted by Crippen LogP contribution is -2.29. The number of rotatable bonds is 6. The van der Waals surface area contributed by atoms with E-state index in [1.165, 1.54) is 22.8 Å². The number of nitrogens with zero attached hydrogens (tertiary/aromatic N) is 2. The van der Waals surface area contributed by atoms with Gasteiger partial charge in [-0.05, 0) is 35.9 Å². The summed E-state index contributed by atoms with van der Waals surface area (Å²) >= 11 is 6.11. The van der Waals surface area contributed by atoms with Crippen LogP contribution in [0.1, 0.15) is 21.7 Å². The highest BCUT2D eigenvalue weighted by Gasteiger charge is 2.16. The van der Waals surface area contributed by atoms with Crippen molar-refractivity contribution in [2.24, 2.45) is 0 Å². The molecule has 7 nitrogen and oxygen atoms in total. The molecule has 0 bridgehead atoms. The van der Waals surface area contributed by atoms with Crippen LogP contribution in [-0.2, 0) is 17.8 Å². The van der Waals surface area contributed by atoms with Crippen molar-refractivity contribution in [1.29, 1.82) is 0 Å². The third-order valence-corrected chi connectivity index (χ3v) is 5.26. The molecule has 3 aromatic carbocycles. The zero-order valence-corrected chi connectivity index (χ0v) is 17.5. The van der Waals surface area contributed by atoms with Crippen LogP contribution in [-0.4, -0.2) is 26.5 Å². The fourth-order valence-corrected chi connectivity index (χ4v) is 3.53. The molecule has 0 radical (unpaired) electrons. The number of carboxylic acids is 1. The minimum atomic E-state index is -1.13. The van der Waals surface area contributed by atoms with Crippen LogP contribution in [0.3, 0.4) is 0 Å². The Hall–Kier alpha value is -3.97. The monoisotopic (exact) mass is 447 g/mol. The van der Waals surface area contributed by atoms with Gasteiger partial charge in [0.25, 0.3) is 5.56 Å². The van der Waals surface area contributed by atoms with Gasteiger partial charge in [0.1, 0.15) is 5.82 Å². The van der Waals surface area contributed by atoms with Gasteiger partial charge < -0.3 is 10.4 Å². The molecular weight excluding hydrogens is 430 g/mol. The fraction of sp³-hybridized carbons (Fsp3) is 0.0833. The van der Waals surface area contributed by atoms with Crippen LogP contribution in [0.15, 0.2) is 77.6 Å². The molecular formula is C24H18ClN3O4. The molecule has 160 valence electrons. The van der Waals surface area contributed by atoms with Crippen molar-refractivity contribution in [3.8, 4) is 0 Å². The molecule has 4 aromatic rings. The quantitative estimate of drug-likeness (QED) is 0.465. The number of halogens is 1. The highest BCUT2D eigenvalue weighted by atomic mass is 35.5. The molecule has 0 aliphatic carbocycles. The Morgan fingerprint density at radius 2 is 1.72 bits per heavy atom. The Kier molecular flexibility index (Phi) is 6.00. The van der Waals surface area contributed by atoms with Crippen LogP contribution in [0.4, 0.5) is 5.69 Å². The molecule has 32 heavy (non-hydrogen) atoms. The van der Waals surface area contributed by atoms with Gasteiger partial charge in [-0.15, -0.1) is 0 Å². The van der Waals surface area contributed by atoms with E-state index in [2.05, 4.69) is 10.3 Å². The number of carbonyl (C=O) groups excluding carboxylic acids is 1. The van der Waals surface area contributed by atoms with Gasteiger partial charge in [0.2, 0.25) is 5.91 Å². The zero-order valence-electron chi connectivity index (χ0n) is 16.8. The smallest absolute Gasteiger partial charge is 0.335 e. The predicted molar refractivity (Wildman–Crippen MR) is 122 cm³/mol. The second-order valence-corrected chi connectivity index (χ2v) is 7.55. The number of para-hydroxylation sites is 1. The van der Waals surface area contributed by atoms with Gasteiger partial charge >= 0.3 is 5.97 Å². The number of carbonyl (C=O) groups is 2. The van der Waals surface area contributed by atoms with E-state index in [9.17, 15) is 19.5 Å². The number of hydrogen-bond donors (Lipinski definition) is 2. The Labute approximate surface area is 187 Å². The van der Waals surface area contributed by atoms with Crippen LogP contribution in [0.25, 0.3) is 10.9 Å². The summed E-state index contributed by atoms with van der Waals surface area (Å²) in [6.07, 6.45) is -0.194. The number of aromatic carboxylic acids is 1. The van der Waals surface area contributed by atoms with Gasteiger partial charge in [-0.1, -0.05) is 54.1 Å². The standard InChI is InChI=1S/C24H18ClN3O4/c25-18-11-10-16(24(31)32)12-20(18)27-22(29)13-21-26-19-9-5-4-8-17(19)23(30)28(21)14-15-6-2-1-3-7-15/h1-12H,13-14H2,(H,27,29)(H,31,32). The summed E-state index contributed by atoms with van der Waals surface area (Å²) in [6, 6.07) is 20.4. The van der Waals surface area contributed by atoms with Crippen molar-refractivity contribution in [1.82, 2.24) is 9.55 Å². The van der Waals surface area contributed by atoms with Crippen LogP contribution in [0.5, 0.6) is 0 Å². The maximum Gasteiger partial charge on any atom is 0.335 e. The molecule has 1 heterocycles. The molecule has 0 fully saturated rings. The molecule has 0 saturated carbocycles. The number of nitrogens with one attached hydrogen (secondary N) is 1. The maximum absolute atomic E-state index is 13.2. The van der Waals surface area contributed by atoms with Crippen molar-refractivity contribution in [2.45, 2.75) is 13.0 Å². The van der Waals surface area contributed by atoms with Crippen LogP contribution >= 0.6 is 11.6 Å². The molecule has 0 spiro atoms. The van der Waals surface area contributed by atoms with Crippen LogP contribution in [0.2, 0.25) is 5.02 Å². The van der Waals surface area contributed by atoms with Crippen molar-refractivity contribution in [3.63, 3.8) is 0 Å². The van der Waals surface area contributed by atoms with E-state index in [1.54, 1.807) is 24.3 Å². The summed E-state index contributed by atoms with van der Waals surface area (Å²) in [7, 11) is 0. The molecule has 4 rings (SSSR count). The number of amides is 1. The summed E-state index contributed by atoms with van der Waals surface area (Å²) in [5.74, 6) is -1.32. The van der Waals surface area contributed by atoms with Gasteiger partial charge in [-0.2, -0.15) is 0 Å². The van der Waals surface area contributed by atoms with E-state index in [-0.39, 0.29) is 34.8 Å². The second kappa shape index (κ2) is 9.03. The summed E-state index contributed by atoms with van der Waals surface area (Å²) in [4.78, 5) is 41.7. The largest absolute Gasteiger partial charge is 0.478 e. The van der Waals surface area contributed by atoms with E-state index in [0.29, 0.717) is 16.7 Å². The van der Waals surface area contributed by atoms with Crippen LogP contribution < -0.4 is 10.9 Å². The summed E-state index contributed by atoms with van der Waals surface area (Å²) in [5, 5.41) is 12.5. The molecule has 0 aliphatic heterocycles. The average Bonchev–Trinajstić information content (AvgIpc) is 2.78. The third kappa shape index (κ3) is 4.53. The highest BCUT2D eigenvalue weighted by molar-refractivity contribution is 6.33. The van der Waals surface area contributed by atoms with E-state index in [0.717, 1.165) is 5.56 Å². The summed E-state index contributed by atoms with van der Waals surface area (Å²) < 4.78 is 1.48. The van der Waals surface area contributed by atoms with Crippen LogP contribution in [0, 0.1) is 0 Å². The van der Waals surface area contributed by atoms with E-state index in [1.807, 2.05) is 30.3 Å². The molecule has 2 N–H and O–H groups in total. The normalized spacial score (nSPS) is 10.8. The molecule has 0 aliphatic rings. The van der Waals surface area contributed by atoms with Gasteiger partial charge in [0, 0.05) is 0 Å². The Bertz CT molecular complexity index is 1380. The summed E-state index contributed by atoms with van der Waals surface area (Å²) in [6.45, 7) is 0.259. The second-order valence-electron chi connectivity index (χ2n) is 7.15.